The number of aliphatic carboxylic acids is 1. The van der Waals surface area contributed by atoms with Crippen molar-refractivity contribution in [2.24, 2.45) is 0 Å². The third kappa shape index (κ3) is 2.73. The van der Waals surface area contributed by atoms with Crippen molar-refractivity contribution in [2.75, 3.05) is 0 Å². The Bertz CT molecular complexity index is 698. The Morgan fingerprint density at radius 3 is 2.35 bits per heavy atom. The Morgan fingerprint density at radius 2 is 1.87 bits per heavy atom. The summed E-state index contributed by atoms with van der Waals surface area (Å²) in [6, 6.07) is 1.99. The van der Waals surface area contributed by atoms with E-state index in [9.17, 15) is 9.90 Å². The number of carboxylic acid groups (broad SMARTS) is 1. The minimum atomic E-state index is -0.991. The molecular weight excluding hydrogens is 290 g/mol. The molecule has 0 spiro atoms. The monoisotopic (exact) mass is 317 g/mol. The Balaban J connectivity index is 2.87. The summed E-state index contributed by atoms with van der Waals surface area (Å²) < 4.78 is 1.90. The van der Waals surface area contributed by atoms with Gasteiger partial charge in [0.05, 0.1) is 0 Å². The molecule has 5 heteroatoms. The summed E-state index contributed by atoms with van der Waals surface area (Å²) in [5.74, 6) is 0.284. The molecule has 0 aromatic carbocycles. The van der Waals surface area contributed by atoms with Gasteiger partial charge in [-0.2, -0.15) is 0 Å². The molecule has 0 bridgehead atoms. The maximum atomic E-state index is 12.2. The van der Waals surface area contributed by atoms with Gasteiger partial charge >= 0.3 is 5.97 Å². The van der Waals surface area contributed by atoms with E-state index in [4.69, 9.17) is 4.98 Å². The molecule has 0 aliphatic heterocycles. The van der Waals surface area contributed by atoms with Crippen LogP contribution >= 0.6 is 0 Å². The molecule has 2 rings (SSSR count). The molecule has 0 aliphatic rings. The average Bonchev–Trinajstić information content (AvgIpc) is 2.89. The largest absolute Gasteiger partial charge is 0.479 e. The van der Waals surface area contributed by atoms with E-state index in [0.29, 0.717) is 18.5 Å². The SMILES string of the molecule is CCC(CC)c1nc2cc(C)cnc2n1C(CC)(CC)C(=O)O. The predicted octanol–water partition coefficient (Wildman–Crippen LogP) is 4.24. The molecule has 126 valence electrons. The Labute approximate surface area is 137 Å². The number of hydrogen-bond acceptors (Lipinski definition) is 3. The first-order valence-electron chi connectivity index (χ1n) is 8.53. The lowest BCUT2D eigenvalue weighted by Crippen LogP contribution is -2.42. The lowest BCUT2D eigenvalue weighted by atomic mass is 9.91. The van der Waals surface area contributed by atoms with Crippen LogP contribution in [-0.2, 0) is 10.3 Å². The number of hydrogen-bond donors (Lipinski definition) is 1. The van der Waals surface area contributed by atoms with Gasteiger partial charge in [-0.25, -0.2) is 14.8 Å². The van der Waals surface area contributed by atoms with E-state index in [1.54, 1.807) is 6.20 Å². The van der Waals surface area contributed by atoms with Crippen LogP contribution in [0.2, 0.25) is 0 Å². The number of carbonyl (C=O) groups is 1. The van der Waals surface area contributed by atoms with E-state index in [0.717, 1.165) is 29.7 Å². The molecule has 0 unspecified atom stereocenters. The van der Waals surface area contributed by atoms with E-state index in [1.165, 1.54) is 0 Å². The van der Waals surface area contributed by atoms with Crippen molar-refractivity contribution in [3.63, 3.8) is 0 Å². The van der Waals surface area contributed by atoms with E-state index in [1.807, 2.05) is 31.4 Å². The highest BCUT2D eigenvalue weighted by atomic mass is 16.4. The number of fused-ring (bicyclic) bond motifs is 1. The molecule has 0 saturated heterocycles. The number of pyridine rings is 1. The second kappa shape index (κ2) is 6.69. The van der Waals surface area contributed by atoms with Crippen molar-refractivity contribution in [1.29, 1.82) is 0 Å². The Hall–Kier alpha value is -1.91. The smallest absolute Gasteiger partial charge is 0.329 e. The molecule has 0 saturated carbocycles. The predicted molar refractivity (Wildman–Crippen MR) is 91.8 cm³/mol. The third-order valence-electron chi connectivity index (χ3n) is 5.01. The van der Waals surface area contributed by atoms with Gasteiger partial charge in [0.1, 0.15) is 16.9 Å². The number of nitrogens with zero attached hydrogens (tertiary/aromatic N) is 3. The topological polar surface area (TPSA) is 68.0 Å². The highest BCUT2D eigenvalue weighted by molar-refractivity contribution is 5.81. The molecule has 2 aromatic heterocycles. The zero-order valence-electron chi connectivity index (χ0n) is 14.8. The summed E-state index contributed by atoms with van der Waals surface area (Å²) >= 11 is 0. The highest BCUT2D eigenvalue weighted by Gasteiger charge is 2.41. The maximum Gasteiger partial charge on any atom is 0.329 e. The normalized spacial score (nSPS) is 12.3. The van der Waals surface area contributed by atoms with Gasteiger partial charge in [-0.3, -0.25) is 4.57 Å². The molecule has 2 heterocycles. The molecule has 2 aromatic rings. The van der Waals surface area contributed by atoms with Crippen molar-refractivity contribution in [1.82, 2.24) is 14.5 Å². The summed E-state index contributed by atoms with van der Waals surface area (Å²) in [4.78, 5) is 21.5. The summed E-state index contributed by atoms with van der Waals surface area (Å²) in [7, 11) is 0. The fraction of sp³-hybridized carbons (Fsp3) is 0.611. The minimum Gasteiger partial charge on any atom is -0.479 e. The first kappa shape index (κ1) is 17.4. The number of aromatic nitrogens is 3. The number of imidazole rings is 1. The number of carboxylic acids is 1. The van der Waals surface area contributed by atoms with Crippen LogP contribution in [-0.4, -0.2) is 25.6 Å². The van der Waals surface area contributed by atoms with E-state index >= 15 is 0 Å². The lowest BCUT2D eigenvalue weighted by molar-refractivity contribution is -0.148. The van der Waals surface area contributed by atoms with Crippen LogP contribution in [0.1, 0.15) is 70.7 Å². The van der Waals surface area contributed by atoms with Crippen LogP contribution in [0.3, 0.4) is 0 Å². The molecule has 5 nitrogen and oxygen atoms in total. The van der Waals surface area contributed by atoms with E-state index in [2.05, 4.69) is 18.8 Å². The molecule has 0 fully saturated rings. The van der Waals surface area contributed by atoms with Crippen LogP contribution in [0.15, 0.2) is 12.3 Å². The quantitative estimate of drug-likeness (QED) is 0.829. The summed E-state index contributed by atoms with van der Waals surface area (Å²) in [5, 5.41) is 9.98. The first-order chi connectivity index (χ1) is 10.9. The van der Waals surface area contributed by atoms with Crippen molar-refractivity contribution in [3.05, 3.63) is 23.7 Å². The van der Waals surface area contributed by atoms with Gasteiger partial charge in [-0.1, -0.05) is 27.7 Å². The maximum absolute atomic E-state index is 12.2. The Morgan fingerprint density at radius 1 is 1.26 bits per heavy atom. The highest BCUT2D eigenvalue weighted by Crippen LogP contribution is 2.35. The first-order valence-corrected chi connectivity index (χ1v) is 8.53. The van der Waals surface area contributed by atoms with Crippen LogP contribution < -0.4 is 0 Å². The van der Waals surface area contributed by atoms with Gasteiger partial charge < -0.3 is 5.11 Å². The summed E-state index contributed by atoms with van der Waals surface area (Å²) in [6.07, 6.45) is 4.67. The minimum absolute atomic E-state index is 0.237. The fourth-order valence-electron chi connectivity index (χ4n) is 3.40. The van der Waals surface area contributed by atoms with Gasteiger partial charge in [-0.15, -0.1) is 0 Å². The van der Waals surface area contributed by atoms with Crippen LogP contribution in [0.25, 0.3) is 11.2 Å². The summed E-state index contributed by atoms with van der Waals surface area (Å²) in [5.41, 5.74) is 1.52. The number of aryl methyl sites for hydroxylation is 1. The number of rotatable bonds is 7. The van der Waals surface area contributed by atoms with E-state index < -0.39 is 11.5 Å². The standard InChI is InChI=1S/C18H27N3O2/c1-6-13(7-2)15-20-14-10-12(5)11-19-16(14)21(15)18(8-3,9-4)17(22)23/h10-11,13H,6-9H2,1-5H3,(H,22,23). The van der Waals surface area contributed by atoms with Crippen LogP contribution in [0, 0.1) is 6.92 Å². The van der Waals surface area contributed by atoms with Gasteiger partial charge in [-0.05, 0) is 44.2 Å². The van der Waals surface area contributed by atoms with Gasteiger partial charge in [0.25, 0.3) is 0 Å². The second-order valence-electron chi connectivity index (χ2n) is 6.22. The molecular formula is C18H27N3O2. The third-order valence-corrected chi connectivity index (χ3v) is 5.01. The van der Waals surface area contributed by atoms with Gasteiger partial charge in [0, 0.05) is 12.1 Å². The van der Waals surface area contributed by atoms with Crippen molar-refractivity contribution in [2.45, 2.75) is 71.8 Å². The lowest BCUT2D eigenvalue weighted by Gasteiger charge is -2.32. The fourth-order valence-corrected chi connectivity index (χ4v) is 3.40. The average molecular weight is 317 g/mol. The van der Waals surface area contributed by atoms with Gasteiger partial charge in [0.15, 0.2) is 5.65 Å². The molecule has 0 atom stereocenters. The summed E-state index contributed by atoms with van der Waals surface area (Å²) in [6.45, 7) is 10.1. The molecule has 1 N–H and O–H groups in total. The van der Waals surface area contributed by atoms with Crippen molar-refractivity contribution >= 4 is 17.1 Å². The molecule has 23 heavy (non-hydrogen) atoms. The van der Waals surface area contributed by atoms with Crippen LogP contribution in [0.4, 0.5) is 0 Å². The van der Waals surface area contributed by atoms with Crippen molar-refractivity contribution < 1.29 is 9.90 Å². The Kier molecular flexibility index (Phi) is 5.07. The zero-order valence-corrected chi connectivity index (χ0v) is 14.8. The van der Waals surface area contributed by atoms with Gasteiger partial charge in [0.2, 0.25) is 0 Å². The second-order valence-corrected chi connectivity index (χ2v) is 6.22. The van der Waals surface area contributed by atoms with E-state index in [-0.39, 0.29) is 5.92 Å². The molecule has 0 radical (unpaired) electrons. The molecule has 0 aliphatic carbocycles. The molecule has 0 amide bonds. The van der Waals surface area contributed by atoms with Crippen LogP contribution in [0.5, 0.6) is 0 Å². The van der Waals surface area contributed by atoms with Crippen molar-refractivity contribution in [3.8, 4) is 0 Å². The zero-order chi connectivity index (χ0) is 17.2.